The van der Waals surface area contributed by atoms with Gasteiger partial charge in [0, 0.05) is 11.9 Å². The fourth-order valence-corrected chi connectivity index (χ4v) is 3.23. The van der Waals surface area contributed by atoms with Gasteiger partial charge in [0.1, 0.15) is 18.4 Å². The summed E-state index contributed by atoms with van der Waals surface area (Å²) in [7, 11) is 0. The van der Waals surface area contributed by atoms with Crippen LogP contribution in [0.1, 0.15) is 18.4 Å². The predicted octanol–water partition coefficient (Wildman–Crippen LogP) is 2.57. The number of benzene rings is 2. The molecule has 6 nitrogen and oxygen atoms in total. The van der Waals surface area contributed by atoms with Crippen LogP contribution in [0.15, 0.2) is 71.8 Å². The van der Waals surface area contributed by atoms with Crippen molar-refractivity contribution in [1.82, 2.24) is 19.5 Å². The van der Waals surface area contributed by atoms with Gasteiger partial charge in [-0.15, -0.1) is 0 Å². The van der Waals surface area contributed by atoms with Crippen molar-refractivity contribution in [3.8, 4) is 0 Å². The number of rotatable bonds is 5. The normalized spacial score (nSPS) is 12.3. The second-order valence-corrected chi connectivity index (χ2v) is 6.67. The molecular weight excluding hydrogens is 340 g/mol. The zero-order valence-corrected chi connectivity index (χ0v) is 15.0. The fraction of sp³-hybridized carbons (Fsp3) is 0.190. The first-order valence-electron chi connectivity index (χ1n) is 8.91. The largest absolute Gasteiger partial charge is 0.354 e. The van der Waals surface area contributed by atoms with E-state index in [9.17, 15) is 9.59 Å². The Balaban J connectivity index is 1.50. The Morgan fingerprint density at radius 2 is 1.81 bits per heavy atom. The van der Waals surface area contributed by atoms with Crippen LogP contribution in [0.2, 0.25) is 0 Å². The molecule has 136 valence electrons. The lowest BCUT2D eigenvalue weighted by Gasteiger charge is -2.13. The molecule has 0 saturated carbocycles. The number of nitrogens with one attached hydrogen (secondary N) is 1. The number of aromatic nitrogens is 3. The van der Waals surface area contributed by atoms with E-state index in [-0.39, 0.29) is 23.9 Å². The molecule has 1 unspecified atom stereocenters. The van der Waals surface area contributed by atoms with E-state index < -0.39 is 0 Å². The molecule has 27 heavy (non-hydrogen) atoms. The van der Waals surface area contributed by atoms with Crippen LogP contribution in [0.4, 0.5) is 0 Å². The highest BCUT2D eigenvalue weighted by Gasteiger charge is 2.12. The lowest BCUT2D eigenvalue weighted by atomic mass is 10.0. The molecule has 6 heteroatoms. The van der Waals surface area contributed by atoms with Crippen molar-refractivity contribution in [3.63, 3.8) is 0 Å². The standard InChI is InChI=1S/C21H20N4O2/c1-15(16-7-3-2-4-8-16)12-22-20(26)13-25-21(27)19-11-17-9-5-6-10-18(17)24(19)14-23-25/h2-11,14-15H,12-13H2,1H3,(H,22,26). The molecule has 2 aromatic carbocycles. The van der Waals surface area contributed by atoms with Crippen LogP contribution in [0.25, 0.3) is 16.4 Å². The van der Waals surface area contributed by atoms with Crippen molar-refractivity contribution < 1.29 is 4.79 Å². The molecular formula is C21H20N4O2. The van der Waals surface area contributed by atoms with Gasteiger partial charge >= 0.3 is 0 Å². The van der Waals surface area contributed by atoms with Crippen LogP contribution in [-0.4, -0.2) is 26.6 Å². The molecule has 0 radical (unpaired) electrons. The van der Waals surface area contributed by atoms with E-state index in [1.807, 2.05) is 60.7 Å². The highest BCUT2D eigenvalue weighted by Crippen LogP contribution is 2.17. The minimum atomic E-state index is -0.278. The fourth-order valence-electron chi connectivity index (χ4n) is 3.23. The summed E-state index contributed by atoms with van der Waals surface area (Å²) in [4.78, 5) is 25.0. The van der Waals surface area contributed by atoms with Gasteiger partial charge in [0.2, 0.25) is 5.91 Å². The average molecular weight is 360 g/mol. The molecule has 1 amide bonds. The Hall–Kier alpha value is -3.41. The first kappa shape index (κ1) is 17.0. The summed E-state index contributed by atoms with van der Waals surface area (Å²) in [5.74, 6) is -0.0360. The van der Waals surface area contributed by atoms with Gasteiger partial charge in [-0.25, -0.2) is 4.68 Å². The summed E-state index contributed by atoms with van der Waals surface area (Å²) in [6.07, 6.45) is 1.58. The quantitative estimate of drug-likeness (QED) is 0.595. The summed E-state index contributed by atoms with van der Waals surface area (Å²) in [6.45, 7) is 2.46. The van der Waals surface area contributed by atoms with E-state index in [1.54, 1.807) is 10.7 Å². The summed E-state index contributed by atoms with van der Waals surface area (Å²) < 4.78 is 2.96. The highest BCUT2D eigenvalue weighted by atomic mass is 16.2. The van der Waals surface area contributed by atoms with Crippen molar-refractivity contribution in [2.45, 2.75) is 19.4 Å². The van der Waals surface area contributed by atoms with E-state index in [0.29, 0.717) is 12.1 Å². The zero-order valence-electron chi connectivity index (χ0n) is 15.0. The molecule has 2 heterocycles. The van der Waals surface area contributed by atoms with Gasteiger partial charge in [-0.05, 0) is 23.6 Å². The third kappa shape index (κ3) is 3.33. The molecule has 4 aromatic rings. The molecule has 0 aliphatic heterocycles. The van der Waals surface area contributed by atoms with E-state index in [0.717, 1.165) is 16.5 Å². The van der Waals surface area contributed by atoms with E-state index >= 15 is 0 Å². The molecule has 2 aromatic heterocycles. The van der Waals surface area contributed by atoms with Gasteiger partial charge in [-0.3, -0.25) is 14.0 Å². The summed E-state index contributed by atoms with van der Waals surface area (Å²) in [5.41, 5.74) is 2.32. The van der Waals surface area contributed by atoms with Crippen molar-refractivity contribution in [1.29, 1.82) is 0 Å². The maximum absolute atomic E-state index is 12.7. The lowest BCUT2D eigenvalue weighted by Crippen LogP contribution is -2.35. The van der Waals surface area contributed by atoms with Gasteiger partial charge in [0.05, 0.1) is 5.52 Å². The van der Waals surface area contributed by atoms with Gasteiger partial charge in [-0.1, -0.05) is 55.5 Å². The van der Waals surface area contributed by atoms with E-state index in [4.69, 9.17) is 0 Å². The molecule has 0 aliphatic rings. The van der Waals surface area contributed by atoms with Crippen molar-refractivity contribution in [2.24, 2.45) is 0 Å². The SMILES string of the molecule is CC(CNC(=O)Cn1ncn2c(cc3ccccc32)c1=O)c1ccccc1. The average Bonchev–Trinajstić information content (AvgIpc) is 3.08. The molecule has 0 spiro atoms. The minimum absolute atomic E-state index is 0.0988. The number of carbonyl (C=O) groups excluding carboxylic acids is 1. The summed E-state index contributed by atoms with van der Waals surface area (Å²) in [6, 6.07) is 19.6. The van der Waals surface area contributed by atoms with Crippen molar-refractivity contribution in [3.05, 3.63) is 82.9 Å². The molecule has 1 atom stereocenters. The van der Waals surface area contributed by atoms with Crippen LogP contribution in [0.3, 0.4) is 0 Å². The number of amides is 1. The maximum Gasteiger partial charge on any atom is 0.291 e. The Morgan fingerprint density at radius 1 is 1.07 bits per heavy atom. The van der Waals surface area contributed by atoms with Crippen LogP contribution in [0, 0.1) is 0 Å². The first-order valence-corrected chi connectivity index (χ1v) is 8.91. The number of hydrogen-bond acceptors (Lipinski definition) is 3. The van der Waals surface area contributed by atoms with Crippen molar-refractivity contribution >= 4 is 22.3 Å². The Labute approximate surface area is 156 Å². The lowest BCUT2D eigenvalue weighted by molar-refractivity contribution is -0.121. The topological polar surface area (TPSA) is 68.4 Å². The molecule has 1 N–H and O–H groups in total. The zero-order chi connectivity index (χ0) is 18.8. The number of hydrogen-bond donors (Lipinski definition) is 1. The smallest absolute Gasteiger partial charge is 0.291 e. The third-order valence-corrected chi connectivity index (χ3v) is 4.78. The Kier molecular flexibility index (Phi) is 4.46. The summed E-state index contributed by atoms with van der Waals surface area (Å²) >= 11 is 0. The highest BCUT2D eigenvalue weighted by molar-refractivity contribution is 5.86. The van der Waals surface area contributed by atoms with Crippen LogP contribution in [-0.2, 0) is 11.3 Å². The maximum atomic E-state index is 12.7. The predicted molar refractivity (Wildman–Crippen MR) is 105 cm³/mol. The van der Waals surface area contributed by atoms with Crippen LogP contribution < -0.4 is 10.9 Å². The number of carbonyl (C=O) groups is 1. The molecule has 0 bridgehead atoms. The second kappa shape index (κ2) is 7.07. The summed E-state index contributed by atoms with van der Waals surface area (Å²) in [5, 5.41) is 8.01. The molecule has 0 aliphatic carbocycles. The monoisotopic (exact) mass is 360 g/mol. The van der Waals surface area contributed by atoms with Crippen LogP contribution >= 0.6 is 0 Å². The van der Waals surface area contributed by atoms with Gasteiger partial charge in [0.25, 0.3) is 5.56 Å². The Morgan fingerprint density at radius 3 is 2.63 bits per heavy atom. The van der Waals surface area contributed by atoms with Gasteiger partial charge in [0.15, 0.2) is 0 Å². The van der Waals surface area contributed by atoms with E-state index in [1.165, 1.54) is 4.68 Å². The Bertz CT molecular complexity index is 1160. The number of para-hydroxylation sites is 1. The third-order valence-electron chi connectivity index (χ3n) is 4.78. The molecule has 0 saturated heterocycles. The first-order chi connectivity index (χ1) is 13.1. The molecule has 0 fully saturated rings. The second-order valence-electron chi connectivity index (χ2n) is 6.67. The van der Waals surface area contributed by atoms with Crippen molar-refractivity contribution in [2.75, 3.05) is 6.54 Å². The van der Waals surface area contributed by atoms with Gasteiger partial charge in [-0.2, -0.15) is 5.10 Å². The molecule has 4 rings (SSSR count). The minimum Gasteiger partial charge on any atom is -0.354 e. The van der Waals surface area contributed by atoms with E-state index in [2.05, 4.69) is 17.3 Å². The number of nitrogens with zero attached hydrogens (tertiary/aromatic N) is 3. The number of fused-ring (bicyclic) bond motifs is 3. The van der Waals surface area contributed by atoms with Gasteiger partial charge < -0.3 is 5.32 Å². The van der Waals surface area contributed by atoms with Crippen LogP contribution in [0.5, 0.6) is 0 Å².